The lowest BCUT2D eigenvalue weighted by Gasteiger charge is -2.22. The van der Waals surface area contributed by atoms with E-state index in [-0.39, 0.29) is 0 Å². The lowest BCUT2D eigenvalue weighted by molar-refractivity contribution is 0.662. The van der Waals surface area contributed by atoms with Gasteiger partial charge >= 0.3 is 0 Å². The Morgan fingerprint density at radius 1 is 1.31 bits per heavy atom. The van der Waals surface area contributed by atoms with E-state index in [1.807, 2.05) is 12.1 Å². The fourth-order valence-electron chi connectivity index (χ4n) is 1.87. The third-order valence-corrected chi connectivity index (χ3v) is 3.81. The Balaban J connectivity index is 2.18. The van der Waals surface area contributed by atoms with Crippen molar-refractivity contribution in [2.45, 2.75) is 18.8 Å². The maximum atomic E-state index is 5.94. The van der Waals surface area contributed by atoms with Gasteiger partial charge in [0.25, 0.3) is 0 Å². The molecule has 0 aromatic heterocycles. The first-order valence-electron chi connectivity index (χ1n) is 4.80. The van der Waals surface area contributed by atoms with Gasteiger partial charge in [-0.05, 0) is 36.1 Å². The molecule has 1 aliphatic heterocycles. The van der Waals surface area contributed by atoms with Crippen LogP contribution in [0.2, 0.25) is 0 Å². The molecule has 0 aliphatic carbocycles. The fraction of sp³-hybridized carbons (Fsp3) is 0.455. The van der Waals surface area contributed by atoms with Crippen molar-refractivity contribution in [1.29, 1.82) is 0 Å². The van der Waals surface area contributed by atoms with E-state index in [0.717, 1.165) is 5.69 Å². The van der Waals surface area contributed by atoms with Gasteiger partial charge in [0.1, 0.15) is 0 Å². The average Bonchev–Trinajstić information content (AvgIpc) is 2.20. The Morgan fingerprint density at radius 2 is 2.15 bits per heavy atom. The second-order valence-electron chi connectivity index (χ2n) is 3.54. The highest BCUT2D eigenvalue weighted by Crippen LogP contribution is 2.33. The van der Waals surface area contributed by atoms with Crippen molar-refractivity contribution < 1.29 is 0 Å². The van der Waals surface area contributed by atoms with E-state index in [4.69, 9.17) is 5.73 Å². The summed E-state index contributed by atoms with van der Waals surface area (Å²) < 4.78 is 0. The van der Waals surface area contributed by atoms with Gasteiger partial charge < -0.3 is 5.73 Å². The molecule has 70 valence electrons. The molecule has 2 N–H and O–H groups in total. The molecule has 1 atom stereocenters. The molecule has 1 aliphatic rings. The van der Waals surface area contributed by atoms with Gasteiger partial charge in [0.05, 0.1) is 0 Å². The number of hydrogen-bond acceptors (Lipinski definition) is 2. The predicted octanol–water partition coefficient (Wildman–Crippen LogP) is 2.88. The summed E-state index contributed by atoms with van der Waals surface area (Å²) in [5.74, 6) is 3.26. The van der Waals surface area contributed by atoms with Crippen LogP contribution in [-0.4, -0.2) is 11.5 Å². The van der Waals surface area contributed by atoms with Crippen molar-refractivity contribution in [1.82, 2.24) is 0 Å². The van der Waals surface area contributed by atoms with Crippen molar-refractivity contribution in [3.8, 4) is 0 Å². The molecule has 1 fully saturated rings. The van der Waals surface area contributed by atoms with Crippen LogP contribution in [0.3, 0.4) is 0 Å². The van der Waals surface area contributed by atoms with Crippen LogP contribution in [-0.2, 0) is 0 Å². The molecule has 0 spiro atoms. The van der Waals surface area contributed by atoms with E-state index in [9.17, 15) is 0 Å². The summed E-state index contributed by atoms with van der Waals surface area (Å²) in [6, 6.07) is 8.28. The molecule has 0 saturated carbocycles. The van der Waals surface area contributed by atoms with Crippen LogP contribution in [0.5, 0.6) is 0 Å². The van der Waals surface area contributed by atoms with Gasteiger partial charge in [-0.2, -0.15) is 11.8 Å². The molecular formula is C11H15NS. The molecule has 2 rings (SSSR count). The van der Waals surface area contributed by atoms with Crippen LogP contribution in [0.4, 0.5) is 5.69 Å². The SMILES string of the molecule is Nc1ccccc1C1CCCSC1. The second kappa shape index (κ2) is 4.05. The zero-order chi connectivity index (χ0) is 9.10. The predicted molar refractivity (Wildman–Crippen MR) is 60.2 cm³/mol. The van der Waals surface area contributed by atoms with E-state index in [1.54, 1.807) is 0 Å². The molecule has 1 heterocycles. The molecule has 1 nitrogen and oxygen atoms in total. The summed E-state index contributed by atoms with van der Waals surface area (Å²) in [6.45, 7) is 0. The van der Waals surface area contributed by atoms with Crippen molar-refractivity contribution in [2.75, 3.05) is 17.2 Å². The number of benzene rings is 1. The summed E-state index contributed by atoms with van der Waals surface area (Å²) >= 11 is 2.05. The van der Waals surface area contributed by atoms with E-state index in [0.29, 0.717) is 5.92 Å². The van der Waals surface area contributed by atoms with Crippen molar-refractivity contribution in [3.63, 3.8) is 0 Å². The molecule has 0 amide bonds. The summed E-state index contributed by atoms with van der Waals surface area (Å²) in [4.78, 5) is 0. The highest BCUT2D eigenvalue weighted by atomic mass is 32.2. The number of rotatable bonds is 1. The number of nitrogen functional groups attached to an aromatic ring is 1. The topological polar surface area (TPSA) is 26.0 Å². The molecule has 1 aromatic rings. The molecule has 1 saturated heterocycles. The minimum atomic E-state index is 0.694. The van der Waals surface area contributed by atoms with Crippen LogP contribution in [0, 0.1) is 0 Å². The van der Waals surface area contributed by atoms with Gasteiger partial charge in [0.2, 0.25) is 0 Å². The highest BCUT2D eigenvalue weighted by Gasteiger charge is 2.17. The van der Waals surface area contributed by atoms with Crippen LogP contribution >= 0.6 is 11.8 Å². The normalized spacial score (nSPS) is 22.9. The van der Waals surface area contributed by atoms with E-state index in [2.05, 4.69) is 23.9 Å². The molecule has 2 heteroatoms. The zero-order valence-electron chi connectivity index (χ0n) is 7.70. The van der Waals surface area contributed by atoms with Crippen LogP contribution in [0.15, 0.2) is 24.3 Å². The first kappa shape index (κ1) is 8.95. The summed E-state index contributed by atoms with van der Waals surface area (Å²) in [6.07, 6.45) is 2.64. The summed E-state index contributed by atoms with van der Waals surface area (Å²) in [5, 5.41) is 0. The number of nitrogens with two attached hydrogens (primary N) is 1. The monoisotopic (exact) mass is 193 g/mol. The smallest absolute Gasteiger partial charge is 0.0349 e. The van der Waals surface area contributed by atoms with E-state index in [1.165, 1.54) is 29.9 Å². The van der Waals surface area contributed by atoms with Gasteiger partial charge in [-0.1, -0.05) is 18.2 Å². The fourth-order valence-corrected chi connectivity index (χ4v) is 3.04. The average molecular weight is 193 g/mol. The number of hydrogen-bond donors (Lipinski definition) is 1. The Kier molecular flexibility index (Phi) is 2.79. The Bertz CT molecular complexity index is 279. The zero-order valence-corrected chi connectivity index (χ0v) is 8.52. The standard InChI is InChI=1S/C11H15NS/c12-11-6-2-1-5-10(11)9-4-3-7-13-8-9/h1-2,5-6,9H,3-4,7-8,12H2. The van der Waals surface area contributed by atoms with Crippen LogP contribution in [0.25, 0.3) is 0 Å². The van der Waals surface area contributed by atoms with Crippen molar-refractivity contribution in [3.05, 3.63) is 29.8 Å². The number of anilines is 1. The van der Waals surface area contributed by atoms with E-state index < -0.39 is 0 Å². The maximum absolute atomic E-state index is 5.94. The Morgan fingerprint density at radius 3 is 2.85 bits per heavy atom. The molecule has 1 aromatic carbocycles. The largest absolute Gasteiger partial charge is 0.398 e. The Labute approximate surface area is 83.7 Å². The first-order chi connectivity index (χ1) is 6.38. The molecule has 13 heavy (non-hydrogen) atoms. The van der Waals surface area contributed by atoms with E-state index >= 15 is 0 Å². The third kappa shape index (κ3) is 1.99. The van der Waals surface area contributed by atoms with Gasteiger partial charge in [0, 0.05) is 11.4 Å². The lowest BCUT2D eigenvalue weighted by Crippen LogP contribution is -2.10. The lowest BCUT2D eigenvalue weighted by atomic mass is 9.95. The number of thioether (sulfide) groups is 1. The van der Waals surface area contributed by atoms with Crippen molar-refractivity contribution >= 4 is 17.4 Å². The maximum Gasteiger partial charge on any atom is 0.0349 e. The molecule has 0 radical (unpaired) electrons. The van der Waals surface area contributed by atoms with Crippen molar-refractivity contribution in [2.24, 2.45) is 0 Å². The minimum Gasteiger partial charge on any atom is -0.398 e. The molecule has 1 unspecified atom stereocenters. The molecule has 0 bridgehead atoms. The Hall–Kier alpha value is -0.630. The molecular weight excluding hydrogens is 178 g/mol. The summed E-state index contributed by atoms with van der Waals surface area (Å²) in [5.41, 5.74) is 8.27. The van der Waals surface area contributed by atoms with Gasteiger partial charge in [0.15, 0.2) is 0 Å². The summed E-state index contributed by atoms with van der Waals surface area (Å²) in [7, 11) is 0. The quantitative estimate of drug-likeness (QED) is 0.694. The first-order valence-corrected chi connectivity index (χ1v) is 5.95. The second-order valence-corrected chi connectivity index (χ2v) is 4.69. The highest BCUT2D eigenvalue weighted by molar-refractivity contribution is 7.99. The number of para-hydroxylation sites is 1. The minimum absolute atomic E-state index is 0.694. The van der Waals surface area contributed by atoms with Crippen LogP contribution < -0.4 is 5.73 Å². The van der Waals surface area contributed by atoms with Crippen LogP contribution in [0.1, 0.15) is 24.3 Å². The van der Waals surface area contributed by atoms with Gasteiger partial charge in [-0.15, -0.1) is 0 Å². The van der Waals surface area contributed by atoms with Gasteiger partial charge in [-0.3, -0.25) is 0 Å². The third-order valence-electron chi connectivity index (χ3n) is 2.60. The van der Waals surface area contributed by atoms with Gasteiger partial charge in [-0.25, -0.2) is 0 Å².